The maximum absolute atomic E-state index is 12.4. The van der Waals surface area contributed by atoms with Crippen LogP contribution in [-0.2, 0) is 11.3 Å². The Bertz CT molecular complexity index is 756. The molecule has 3 heterocycles. The number of aryl methyl sites for hydroxylation is 1. The van der Waals surface area contributed by atoms with E-state index in [1.807, 2.05) is 18.0 Å². The zero-order valence-electron chi connectivity index (χ0n) is 13.5. The molecule has 0 saturated carbocycles. The molecule has 0 spiro atoms. The fourth-order valence-electron chi connectivity index (χ4n) is 2.84. The molecule has 124 valence electrons. The number of hydrogen-bond donors (Lipinski definition) is 1. The summed E-state index contributed by atoms with van der Waals surface area (Å²) in [6, 6.07) is 2.06. The van der Waals surface area contributed by atoms with Crippen LogP contribution in [0.15, 0.2) is 24.8 Å². The van der Waals surface area contributed by atoms with Gasteiger partial charge in [0, 0.05) is 44.1 Å². The second kappa shape index (κ2) is 7.08. The molecule has 8 heteroatoms. The van der Waals surface area contributed by atoms with Gasteiger partial charge in [-0.05, 0) is 19.8 Å². The molecule has 0 aliphatic carbocycles. The van der Waals surface area contributed by atoms with Gasteiger partial charge in [0.25, 0.3) is 0 Å². The van der Waals surface area contributed by atoms with Crippen LogP contribution in [0.2, 0.25) is 0 Å². The van der Waals surface area contributed by atoms with Crippen LogP contribution < -0.4 is 10.2 Å². The summed E-state index contributed by atoms with van der Waals surface area (Å²) in [7, 11) is 0. The normalized spacial score (nSPS) is 15.1. The Morgan fingerprint density at radius 1 is 1.38 bits per heavy atom. The van der Waals surface area contributed by atoms with Crippen molar-refractivity contribution < 1.29 is 4.79 Å². The Morgan fingerprint density at radius 3 is 2.79 bits per heavy atom. The molecule has 1 N–H and O–H groups in total. The van der Waals surface area contributed by atoms with Gasteiger partial charge in [0.2, 0.25) is 5.91 Å². The minimum Gasteiger partial charge on any atom is -0.354 e. The predicted octanol–water partition coefficient (Wildman–Crippen LogP) is 1.42. The lowest BCUT2D eigenvalue weighted by molar-refractivity contribution is -0.120. The molecule has 2 aromatic rings. The predicted molar refractivity (Wildman–Crippen MR) is 88.2 cm³/mol. The molecule has 1 fully saturated rings. The van der Waals surface area contributed by atoms with Gasteiger partial charge in [0.1, 0.15) is 6.07 Å². The summed E-state index contributed by atoms with van der Waals surface area (Å²) in [5, 5.41) is 16.2. The molecule has 0 radical (unpaired) electrons. The lowest BCUT2D eigenvalue weighted by Gasteiger charge is -2.32. The molecule has 0 bridgehead atoms. The lowest BCUT2D eigenvalue weighted by atomic mass is 9.96. The van der Waals surface area contributed by atoms with Crippen molar-refractivity contribution in [1.29, 1.82) is 5.26 Å². The Kier molecular flexibility index (Phi) is 4.70. The van der Waals surface area contributed by atoms with Crippen molar-refractivity contribution in [2.45, 2.75) is 26.3 Å². The van der Waals surface area contributed by atoms with Gasteiger partial charge >= 0.3 is 0 Å². The van der Waals surface area contributed by atoms with Crippen molar-refractivity contribution in [2.75, 3.05) is 23.3 Å². The molecular formula is C16H19N7O. The molecular weight excluding hydrogens is 306 g/mol. The quantitative estimate of drug-likeness (QED) is 0.912. The van der Waals surface area contributed by atoms with Gasteiger partial charge in [-0.1, -0.05) is 0 Å². The Morgan fingerprint density at radius 2 is 2.12 bits per heavy atom. The van der Waals surface area contributed by atoms with Gasteiger partial charge in [-0.2, -0.15) is 10.4 Å². The molecule has 1 saturated heterocycles. The number of anilines is 2. The monoisotopic (exact) mass is 325 g/mol. The first kappa shape index (κ1) is 15.9. The van der Waals surface area contributed by atoms with Crippen LogP contribution in [0, 0.1) is 17.2 Å². The molecule has 1 amide bonds. The number of hydrogen-bond acceptors (Lipinski definition) is 6. The van der Waals surface area contributed by atoms with Crippen molar-refractivity contribution in [3.8, 4) is 6.07 Å². The van der Waals surface area contributed by atoms with E-state index in [2.05, 4.69) is 26.5 Å². The van der Waals surface area contributed by atoms with Crippen molar-refractivity contribution in [1.82, 2.24) is 19.7 Å². The first-order valence-corrected chi connectivity index (χ1v) is 8.00. The van der Waals surface area contributed by atoms with E-state index in [0.717, 1.165) is 25.1 Å². The summed E-state index contributed by atoms with van der Waals surface area (Å²) >= 11 is 0. The van der Waals surface area contributed by atoms with E-state index in [4.69, 9.17) is 5.26 Å². The Labute approximate surface area is 140 Å². The summed E-state index contributed by atoms with van der Waals surface area (Å²) in [4.78, 5) is 22.7. The van der Waals surface area contributed by atoms with Crippen LogP contribution >= 0.6 is 0 Å². The zero-order valence-corrected chi connectivity index (χ0v) is 13.5. The average Bonchev–Trinajstić information content (AvgIpc) is 3.09. The van der Waals surface area contributed by atoms with E-state index in [0.29, 0.717) is 24.6 Å². The second-order valence-corrected chi connectivity index (χ2v) is 5.68. The summed E-state index contributed by atoms with van der Waals surface area (Å²) < 4.78 is 1.77. The van der Waals surface area contributed by atoms with Crippen molar-refractivity contribution >= 4 is 17.4 Å². The van der Waals surface area contributed by atoms with Gasteiger partial charge in [-0.15, -0.1) is 0 Å². The second-order valence-electron chi connectivity index (χ2n) is 5.68. The number of rotatable bonds is 4. The first-order valence-electron chi connectivity index (χ1n) is 8.00. The average molecular weight is 325 g/mol. The lowest BCUT2D eigenvalue weighted by Crippen LogP contribution is -2.39. The van der Waals surface area contributed by atoms with Crippen LogP contribution in [0.25, 0.3) is 0 Å². The summed E-state index contributed by atoms with van der Waals surface area (Å²) in [5.74, 6) is 0.571. The summed E-state index contributed by atoms with van der Waals surface area (Å²) in [6.45, 7) is 4.13. The fourth-order valence-corrected chi connectivity index (χ4v) is 2.84. The SMILES string of the molecule is CCn1cc(NC(=O)C2CCN(c3nccnc3C#N)CC2)cn1. The van der Waals surface area contributed by atoms with Crippen LogP contribution in [0.5, 0.6) is 0 Å². The van der Waals surface area contributed by atoms with Gasteiger partial charge in [0.15, 0.2) is 11.5 Å². The van der Waals surface area contributed by atoms with E-state index in [1.54, 1.807) is 17.1 Å². The van der Waals surface area contributed by atoms with E-state index in [1.165, 1.54) is 6.20 Å². The smallest absolute Gasteiger partial charge is 0.227 e. The molecule has 1 aliphatic heterocycles. The molecule has 0 aromatic carbocycles. The highest BCUT2D eigenvalue weighted by Crippen LogP contribution is 2.24. The minimum atomic E-state index is -0.0477. The highest BCUT2D eigenvalue weighted by atomic mass is 16.1. The van der Waals surface area contributed by atoms with Crippen molar-refractivity contribution in [3.05, 3.63) is 30.5 Å². The largest absolute Gasteiger partial charge is 0.354 e. The summed E-state index contributed by atoms with van der Waals surface area (Å²) in [5.41, 5.74) is 1.05. The highest BCUT2D eigenvalue weighted by molar-refractivity contribution is 5.92. The van der Waals surface area contributed by atoms with Crippen LogP contribution in [-0.4, -0.2) is 38.7 Å². The van der Waals surface area contributed by atoms with Crippen molar-refractivity contribution in [3.63, 3.8) is 0 Å². The molecule has 3 rings (SSSR count). The van der Waals surface area contributed by atoms with Gasteiger partial charge in [-0.3, -0.25) is 9.48 Å². The van der Waals surface area contributed by atoms with Gasteiger partial charge < -0.3 is 10.2 Å². The third-order valence-electron chi connectivity index (χ3n) is 4.17. The van der Waals surface area contributed by atoms with Gasteiger partial charge in [-0.25, -0.2) is 9.97 Å². The maximum atomic E-state index is 12.4. The van der Waals surface area contributed by atoms with E-state index < -0.39 is 0 Å². The molecule has 2 aromatic heterocycles. The van der Waals surface area contributed by atoms with Crippen LogP contribution in [0.3, 0.4) is 0 Å². The molecule has 8 nitrogen and oxygen atoms in total. The topological polar surface area (TPSA) is 99.7 Å². The number of nitriles is 1. The fraction of sp³-hybridized carbons (Fsp3) is 0.438. The van der Waals surface area contributed by atoms with E-state index in [-0.39, 0.29) is 11.8 Å². The molecule has 0 atom stereocenters. The number of nitrogens with one attached hydrogen (secondary N) is 1. The number of piperidine rings is 1. The number of carbonyl (C=O) groups excluding carboxylic acids is 1. The van der Waals surface area contributed by atoms with Crippen LogP contribution in [0.1, 0.15) is 25.5 Å². The zero-order chi connectivity index (χ0) is 16.9. The first-order chi connectivity index (χ1) is 11.7. The molecule has 1 aliphatic rings. The third kappa shape index (κ3) is 3.35. The number of nitrogens with zero attached hydrogens (tertiary/aromatic N) is 6. The molecule has 24 heavy (non-hydrogen) atoms. The Hall–Kier alpha value is -2.95. The maximum Gasteiger partial charge on any atom is 0.227 e. The van der Waals surface area contributed by atoms with Crippen molar-refractivity contribution in [2.24, 2.45) is 5.92 Å². The molecule has 0 unspecified atom stereocenters. The standard InChI is InChI=1S/C16H19N7O/c1-2-23-11-13(10-20-23)21-16(24)12-3-7-22(8-4-12)15-14(9-17)18-5-6-19-15/h5-6,10-12H,2-4,7-8H2,1H3,(H,21,24). The summed E-state index contributed by atoms with van der Waals surface area (Å²) in [6.07, 6.45) is 8.02. The Balaban J connectivity index is 1.58. The minimum absolute atomic E-state index is 0.0185. The number of amides is 1. The number of aromatic nitrogens is 4. The van der Waals surface area contributed by atoms with Crippen LogP contribution in [0.4, 0.5) is 11.5 Å². The van der Waals surface area contributed by atoms with Gasteiger partial charge in [0.05, 0.1) is 11.9 Å². The highest BCUT2D eigenvalue weighted by Gasteiger charge is 2.27. The van der Waals surface area contributed by atoms with E-state index in [9.17, 15) is 4.79 Å². The third-order valence-corrected chi connectivity index (χ3v) is 4.17. The van der Waals surface area contributed by atoms with E-state index >= 15 is 0 Å². The number of carbonyl (C=O) groups is 1.